The topological polar surface area (TPSA) is 88.9 Å². The molecule has 0 amide bonds. The van der Waals surface area contributed by atoms with Crippen molar-refractivity contribution >= 4 is 26.9 Å². The maximum atomic E-state index is 13.1. The minimum absolute atomic E-state index is 0.247. The Hall–Kier alpha value is -2.45. The van der Waals surface area contributed by atoms with Gasteiger partial charge in [0.1, 0.15) is 12.1 Å². The van der Waals surface area contributed by atoms with E-state index in [1.807, 2.05) is 6.92 Å². The molecule has 2 saturated heterocycles. The van der Waals surface area contributed by atoms with Crippen molar-refractivity contribution in [2.24, 2.45) is 0 Å². The second-order valence-corrected chi connectivity index (χ2v) is 9.58. The number of nitrogens with zero attached hydrogens (tertiary/aromatic N) is 3. The highest BCUT2D eigenvalue weighted by Crippen LogP contribution is 2.31. The molecule has 1 aromatic carbocycles. The molecule has 2 fully saturated rings. The van der Waals surface area contributed by atoms with Crippen LogP contribution in [0.2, 0.25) is 0 Å². The molecule has 4 heterocycles. The van der Waals surface area contributed by atoms with Crippen molar-refractivity contribution in [2.75, 3.05) is 5.32 Å². The summed E-state index contributed by atoms with van der Waals surface area (Å²) in [5.41, 5.74) is 1.41. The molecule has 146 valence electrons. The average molecular weight is 398 g/mol. The number of aryl methyl sites for hydroxylation is 1. The van der Waals surface area contributed by atoms with Gasteiger partial charge in [-0.05, 0) is 50.8 Å². The molecule has 3 atom stereocenters. The van der Waals surface area contributed by atoms with Crippen molar-refractivity contribution in [3.05, 3.63) is 48.4 Å². The van der Waals surface area contributed by atoms with Crippen molar-refractivity contribution < 1.29 is 8.42 Å². The van der Waals surface area contributed by atoms with Gasteiger partial charge in [-0.25, -0.2) is 22.4 Å². The number of aromatic nitrogens is 3. The fourth-order valence-corrected chi connectivity index (χ4v) is 5.69. The van der Waals surface area contributed by atoms with Crippen LogP contribution >= 0.6 is 0 Å². The van der Waals surface area contributed by atoms with Gasteiger partial charge in [0.25, 0.3) is 10.0 Å². The van der Waals surface area contributed by atoms with Gasteiger partial charge in [0, 0.05) is 24.3 Å². The molecular weight excluding hydrogens is 374 g/mol. The number of hydrogen-bond acceptors (Lipinski definition) is 6. The lowest BCUT2D eigenvalue weighted by atomic mass is 10.00. The Kier molecular flexibility index (Phi) is 4.13. The number of anilines is 1. The van der Waals surface area contributed by atoms with Gasteiger partial charge in [-0.15, -0.1) is 0 Å². The smallest absolute Gasteiger partial charge is 0.269 e. The highest BCUT2D eigenvalue weighted by atomic mass is 32.2. The van der Waals surface area contributed by atoms with Gasteiger partial charge in [0.2, 0.25) is 0 Å². The van der Waals surface area contributed by atoms with E-state index in [2.05, 4.69) is 20.6 Å². The highest BCUT2D eigenvalue weighted by molar-refractivity contribution is 7.90. The van der Waals surface area contributed by atoms with E-state index < -0.39 is 10.0 Å². The van der Waals surface area contributed by atoms with E-state index in [0.717, 1.165) is 23.8 Å². The number of nitrogens with one attached hydrogen (secondary N) is 2. The molecule has 0 radical (unpaired) electrons. The quantitative estimate of drug-likeness (QED) is 0.704. The molecular formula is C20H23N5O2S. The molecule has 8 heteroatoms. The molecule has 7 nitrogen and oxygen atoms in total. The van der Waals surface area contributed by atoms with E-state index in [1.165, 1.54) is 23.1 Å². The van der Waals surface area contributed by atoms with Crippen LogP contribution in [-0.2, 0) is 10.0 Å². The van der Waals surface area contributed by atoms with E-state index in [4.69, 9.17) is 0 Å². The SMILES string of the molecule is Cc1ccc(S(=O)(=O)n2ccc3c(N[C@H]4CC[C@H]5CC[C@@H]4N5)ncnc32)cc1. The number of rotatable bonds is 4. The maximum absolute atomic E-state index is 13.1. The Morgan fingerprint density at radius 3 is 2.68 bits per heavy atom. The Labute approximate surface area is 164 Å². The summed E-state index contributed by atoms with van der Waals surface area (Å²) < 4.78 is 27.4. The summed E-state index contributed by atoms with van der Waals surface area (Å²) in [7, 11) is -3.71. The second-order valence-electron chi connectivity index (χ2n) is 7.76. The van der Waals surface area contributed by atoms with Crippen molar-refractivity contribution in [2.45, 2.75) is 55.6 Å². The van der Waals surface area contributed by atoms with E-state index in [-0.39, 0.29) is 4.90 Å². The summed E-state index contributed by atoms with van der Waals surface area (Å²) >= 11 is 0. The average Bonchev–Trinajstić information content (AvgIpc) is 3.30. The van der Waals surface area contributed by atoms with Crippen LogP contribution in [0.5, 0.6) is 0 Å². The van der Waals surface area contributed by atoms with E-state index in [9.17, 15) is 8.42 Å². The van der Waals surface area contributed by atoms with Gasteiger partial charge < -0.3 is 10.6 Å². The first-order valence-electron chi connectivity index (χ1n) is 9.69. The normalized spacial score (nSPS) is 24.5. The molecule has 2 N–H and O–H groups in total. The Morgan fingerprint density at radius 1 is 1.07 bits per heavy atom. The Balaban J connectivity index is 1.51. The number of piperidine rings is 1. The summed E-state index contributed by atoms with van der Waals surface area (Å²) in [6.07, 6.45) is 7.64. The van der Waals surface area contributed by atoms with Crippen LogP contribution in [0.25, 0.3) is 11.0 Å². The second kappa shape index (κ2) is 6.56. The third kappa shape index (κ3) is 2.87. The third-order valence-electron chi connectivity index (χ3n) is 5.94. The lowest BCUT2D eigenvalue weighted by molar-refractivity contribution is 0.375. The minimum Gasteiger partial charge on any atom is -0.365 e. The van der Waals surface area contributed by atoms with Crippen molar-refractivity contribution in [1.82, 2.24) is 19.3 Å². The van der Waals surface area contributed by atoms with Gasteiger partial charge in [-0.3, -0.25) is 0 Å². The minimum atomic E-state index is -3.71. The first-order valence-corrected chi connectivity index (χ1v) is 11.1. The fraction of sp³-hybridized carbons (Fsp3) is 0.400. The molecule has 0 saturated carbocycles. The van der Waals surface area contributed by atoms with E-state index >= 15 is 0 Å². The van der Waals surface area contributed by atoms with Crippen LogP contribution in [0.15, 0.2) is 47.8 Å². The third-order valence-corrected chi connectivity index (χ3v) is 7.62. The molecule has 5 rings (SSSR count). The van der Waals surface area contributed by atoms with Crippen LogP contribution in [0.4, 0.5) is 5.82 Å². The van der Waals surface area contributed by atoms with Crippen molar-refractivity contribution in [3.8, 4) is 0 Å². The summed E-state index contributed by atoms with van der Waals surface area (Å²) in [4.78, 5) is 8.92. The molecule has 2 aliphatic heterocycles. The lowest BCUT2D eigenvalue weighted by Crippen LogP contribution is -2.47. The summed E-state index contributed by atoms with van der Waals surface area (Å²) in [6, 6.07) is 10.0. The molecule has 2 aliphatic rings. The lowest BCUT2D eigenvalue weighted by Gasteiger charge is -2.31. The molecule has 0 unspecified atom stereocenters. The first-order chi connectivity index (χ1) is 13.5. The maximum Gasteiger partial charge on any atom is 0.269 e. The van der Waals surface area contributed by atoms with Crippen LogP contribution in [0.3, 0.4) is 0 Å². The molecule has 2 bridgehead atoms. The zero-order valence-electron chi connectivity index (χ0n) is 15.7. The number of benzene rings is 1. The Morgan fingerprint density at radius 2 is 1.86 bits per heavy atom. The van der Waals surface area contributed by atoms with E-state index in [1.54, 1.807) is 36.5 Å². The van der Waals surface area contributed by atoms with Gasteiger partial charge in [-0.1, -0.05) is 17.7 Å². The van der Waals surface area contributed by atoms with Crippen molar-refractivity contribution in [3.63, 3.8) is 0 Å². The number of fused-ring (bicyclic) bond motifs is 3. The van der Waals surface area contributed by atoms with Gasteiger partial charge in [-0.2, -0.15) is 0 Å². The molecule has 0 aliphatic carbocycles. The zero-order chi connectivity index (χ0) is 19.3. The summed E-state index contributed by atoms with van der Waals surface area (Å²) in [6.45, 7) is 1.93. The van der Waals surface area contributed by atoms with E-state index in [0.29, 0.717) is 29.6 Å². The van der Waals surface area contributed by atoms with Crippen LogP contribution in [0, 0.1) is 6.92 Å². The van der Waals surface area contributed by atoms with Gasteiger partial charge in [0.15, 0.2) is 5.65 Å². The van der Waals surface area contributed by atoms with Gasteiger partial charge >= 0.3 is 0 Å². The van der Waals surface area contributed by atoms with Crippen LogP contribution in [-0.4, -0.2) is 40.5 Å². The highest BCUT2D eigenvalue weighted by Gasteiger charge is 2.35. The first kappa shape index (κ1) is 17.6. The Bertz CT molecular complexity index is 1120. The molecule has 28 heavy (non-hydrogen) atoms. The summed E-state index contributed by atoms with van der Waals surface area (Å²) in [5, 5.41) is 7.92. The van der Waals surface area contributed by atoms with Gasteiger partial charge in [0.05, 0.1) is 10.3 Å². The summed E-state index contributed by atoms with van der Waals surface area (Å²) in [5.74, 6) is 0.694. The van der Waals surface area contributed by atoms with Crippen molar-refractivity contribution in [1.29, 1.82) is 0 Å². The zero-order valence-corrected chi connectivity index (χ0v) is 16.5. The molecule has 3 aromatic rings. The monoisotopic (exact) mass is 397 g/mol. The largest absolute Gasteiger partial charge is 0.365 e. The number of hydrogen-bond donors (Lipinski definition) is 2. The standard InChI is InChI=1S/C20H23N5O2S/c1-13-2-6-15(7-3-13)28(26,27)25-11-10-16-19(21-12-22-20(16)25)24-18-9-5-14-4-8-17(18)23-14/h2-3,6-7,10-12,14,17-18,23H,4-5,8-9H2,1H3,(H,21,22,24)/t14-,17+,18+/m1/s1. The van der Waals surface area contributed by atoms with Crippen LogP contribution in [0.1, 0.15) is 31.2 Å². The fourth-order valence-electron chi connectivity index (χ4n) is 4.39. The predicted octanol–water partition coefficient (Wildman–Crippen LogP) is 2.67. The molecule has 2 aromatic heterocycles. The predicted molar refractivity (Wildman–Crippen MR) is 108 cm³/mol. The molecule has 0 spiro atoms. The van der Waals surface area contributed by atoms with Crippen LogP contribution < -0.4 is 10.6 Å².